The molecule has 0 aliphatic heterocycles. The fourth-order valence-corrected chi connectivity index (χ4v) is 7.35. The van der Waals surface area contributed by atoms with E-state index in [0.717, 1.165) is 17.2 Å². The molecule has 0 spiro atoms. The number of benzene rings is 1. The summed E-state index contributed by atoms with van der Waals surface area (Å²) in [6, 6.07) is 4.21. The van der Waals surface area contributed by atoms with Crippen molar-refractivity contribution in [1.29, 1.82) is 0 Å². The van der Waals surface area contributed by atoms with E-state index in [9.17, 15) is 0 Å². The predicted octanol–water partition coefficient (Wildman–Crippen LogP) is 6.01. The molecule has 24 heavy (non-hydrogen) atoms. The van der Waals surface area contributed by atoms with Crippen LogP contribution in [-0.2, 0) is 5.41 Å². The summed E-state index contributed by atoms with van der Waals surface area (Å²) in [7, 11) is -0.0829. The van der Waals surface area contributed by atoms with Gasteiger partial charge in [-0.25, -0.2) is 0 Å². The first kappa shape index (κ1) is 19.3. The van der Waals surface area contributed by atoms with Crippen LogP contribution < -0.4 is 9.92 Å². The van der Waals surface area contributed by atoms with Crippen molar-refractivity contribution in [1.82, 2.24) is 0 Å². The largest absolute Gasteiger partial charge is 0.497 e. The Kier molecular flexibility index (Phi) is 5.42. The molecular formula is C21H31ClOSi. The van der Waals surface area contributed by atoms with Gasteiger partial charge in [0.05, 0.1) is 7.11 Å². The van der Waals surface area contributed by atoms with Crippen LogP contribution in [0.4, 0.5) is 0 Å². The Morgan fingerprint density at radius 2 is 1.79 bits per heavy atom. The number of methoxy groups -OCH3 is 1. The van der Waals surface area contributed by atoms with Crippen molar-refractivity contribution >= 4 is 24.9 Å². The zero-order valence-corrected chi connectivity index (χ0v) is 18.1. The van der Waals surface area contributed by atoms with Crippen LogP contribution >= 0.6 is 11.6 Å². The monoisotopic (exact) mass is 362 g/mol. The SMILES string of the molecule is COc1c(C(C)(C)C)cc(Cl)cc1[Si](C)(C)C1=C(C(C)C)C=CC1. The van der Waals surface area contributed by atoms with Crippen LogP contribution in [0.1, 0.15) is 46.6 Å². The molecule has 0 bridgehead atoms. The van der Waals surface area contributed by atoms with E-state index < -0.39 is 8.07 Å². The Bertz CT molecular complexity index is 691. The lowest BCUT2D eigenvalue weighted by molar-refractivity contribution is 0.400. The number of ether oxygens (including phenoxy) is 1. The van der Waals surface area contributed by atoms with E-state index in [1.165, 1.54) is 16.3 Å². The molecule has 1 aliphatic rings. The predicted molar refractivity (Wildman–Crippen MR) is 109 cm³/mol. The fourth-order valence-electron chi connectivity index (χ4n) is 3.68. The topological polar surface area (TPSA) is 9.23 Å². The highest BCUT2D eigenvalue weighted by Crippen LogP contribution is 2.38. The van der Waals surface area contributed by atoms with Gasteiger partial charge >= 0.3 is 0 Å². The maximum atomic E-state index is 6.53. The lowest BCUT2D eigenvalue weighted by atomic mass is 9.86. The highest BCUT2D eigenvalue weighted by atomic mass is 35.5. The first-order valence-electron chi connectivity index (χ1n) is 8.78. The van der Waals surface area contributed by atoms with E-state index in [1.807, 2.05) is 0 Å². The summed E-state index contributed by atoms with van der Waals surface area (Å²) in [6.45, 7) is 16.1. The molecule has 1 aromatic carbocycles. The maximum Gasteiger partial charge on any atom is 0.122 e. The van der Waals surface area contributed by atoms with Gasteiger partial charge in [0.1, 0.15) is 13.8 Å². The number of halogens is 1. The third-order valence-electron chi connectivity index (χ3n) is 5.08. The van der Waals surface area contributed by atoms with E-state index in [2.05, 4.69) is 72.0 Å². The third kappa shape index (κ3) is 3.50. The molecular weight excluding hydrogens is 332 g/mol. The van der Waals surface area contributed by atoms with Gasteiger partial charge < -0.3 is 4.74 Å². The van der Waals surface area contributed by atoms with Crippen LogP contribution in [0, 0.1) is 5.92 Å². The van der Waals surface area contributed by atoms with Gasteiger partial charge in [-0.2, -0.15) is 0 Å². The van der Waals surface area contributed by atoms with E-state index in [1.54, 1.807) is 12.3 Å². The minimum Gasteiger partial charge on any atom is -0.497 e. The van der Waals surface area contributed by atoms with Gasteiger partial charge in [0.25, 0.3) is 0 Å². The first-order chi connectivity index (χ1) is 11.0. The van der Waals surface area contributed by atoms with Crippen LogP contribution in [0.25, 0.3) is 0 Å². The van der Waals surface area contributed by atoms with Gasteiger partial charge in [-0.05, 0) is 40.6 Å². The minimum atomic E-state index is -1.87. The number of allylic oxidation sites excluding steroid dienone is 4. The van der Waals surface area contributed by atoms with Crippen molar-refractivity contribution in [3.05, 3.63) is 45.6 Å². The van der Waals surface area contributed by atoms with Crippen molar-refractivity contribution in [3.63, 3.8) is 0 Å². The van der Waals surface area contributed by atoms with Crippen molar-refractivity contribution in [2.75, 3.05) is 7.11 Å². The van der Waals surface area contributed by atoms with Crippen LogP contribution in [0.15, 0.2) is 35.1 Å². The van der Waals surface area contributed by atoms with E-state index in [0.29, 0.717) is 5.92 Å². The molecule has 2 rings (SSSR count). The summed E-state index contributed by atoms with van der Waals surface area (Å²) in [5, 5.41) is 3.74. The molecule has 0 saturated heterocycles. The summed E-state index contributed by atoms with van der Waals surface area (Å²) < 4.78 is 5.93. The molecule has 0 radical (unpaired) electrons. The minimum absolute atomic E-state index is 0.00133. The lowest BCUT2D eigenvalue weighted by Gasteiger charge is -2.32. The third-order valence-corrected chi connectivity index (χ3v) is 9.02. The smallest absolute Gasteiger partial charge is 0.122 e. The van der Waals surface area contributed by atoms with Crippen molar-refractivity contribution in [2.24, 2.45) is 5.92 Å². The van der Waals surface area contributed by atoms with Crippen LogP contribution in [0.2, 0.25) is 18.1 Å². The second kappa shape index (κ2) is 6.72. The summed E-state index contributed by atoms with van der Waals surface area (Å²) in [4.78, 5) is 0. The normalized spacial score (nSPS) is 15.6. The maximum absolute atomic E-state index is 6.53. The summed E-state index contributed by atoms with van der Waals surface area (Å²) in [6.07, 6.45) is 5.69. The molecule has 0 amide bonds. The summed E-state index contributed by atoms with van der Waals surface area (Å²) in [5.74, 6) is 1.59. The van der Waals surface area contributed by atoms with Gasteiger partial charge in [0.2, 0.25) is 0 Å². The average molecular weight is 363 g/mol. The number of rotatable bonds is 4. The second-order valence-electron chi connectivity index (χ2n) is 8.60. The van der Waals surface area contributed by atoms with Crippen molar-refractivity contribution in [3.8, 4) is 5.75 Å². The molecule has 3 heteroatoms. The van der Waals surface area contributed by atoms with E-state index >= 15 is 0 Å². The number of hydrogen-bond donors (Lipinski definition) is 0. The van der Waals surface area contributed by atoms with Gasteiger partial charge in [-0.3, -0.25) is 0 Å². The average Bonchev–Trinajstić information content (AvgIpc) is 2.95. The highest BCUT2D eigenvalue weighted by Gasteiger charge is 2.36. The van der Waals surface area contributed by atoms with Crippen LogP contribution in [-0.4, -0.2) is 15.2 Å². The second-order valence-corrected chi connectivity index (χ2v) is 13.4. The van der Waals surface area contributed by atoms with Gasteiger partial charge in [-0.1, -0.05) is 76.7 Å². The molecule has 0 N–H and O–H groups in total. The molecule has 0 unspecified atom stereocenters. The standard InChI is InChI=1S/C21H31ClOSi/c1-14(2)16-10-9-11-18(16)24(7,8)19-13-15(22)12-17(20(19)23-6)21(3,4)5/h9-10,12-14H,11H2,1-8H3. The molecule has 1 nitrogen and oxygen atoms in total. The highest BCUT2D eigenvalue weighted by molar-refractivity contribution is 6.96. The van der Waals surface area contributed by atoms with Crippen LogP contribution in [0.5, 0.6) is 5.75 Å². The molecule has 0 atom stereocenters. The molecule has 0 aromatic heterocycles. The Labute approximate surface area is 153 Å². The molecule has 0 heterocycles. The van der Waals surface area contributed by atoms with Gasteiger partial charge in [0, 0.05) is 10.6 Å². The van der Waals surface area contributed by atoms with Crippen LogP contribution in [0.3, 0.4) is 0 Å². The fraction of sp³-hybridized carbons (Fsp3) is 0.524. The molecule has 1 aliphatic carbocycles. The Balaban J connectivity index is 2.72. The molecule has 132 valence electrons. The first-order valence-corrected chi connectivity index (χ1v) is 12.2. The van der Waals surface area contributed by atoms with Crippen molar-refractivity contribution < 1.29 is 4.74 Å². The molecule has 0 fully saturated rings. The Morgan fingerprint density at radius 1 is 1.17 bits per heavy atom. The Morgan fingerprint density at radius 3 is 2.29 bits per heavy atom. The molecule has 1 aromatic rings. The van der Waals surface area contributed by atoms with Gasteiger partial charge in [-0.15, -0.1) is 0 Å². The van der Waals surface area contributed by atoms with E-state index in [4.69, 9.17) is 16.3 Å². The van der Waals surface area contributed by atoms with Gasteiger partial charge in [0.15, 0.2) is 0 Å². The quantitative estimate of drug-likeness (QED) is 0.595. The zero-order valence-electron chi connectivity index (χ0n) is 16.4. The summed E-state index contributed by atoms with van der Waals surface area (Å²) >= 11 is 6.53. The molecule has 0 saturated carbocycles. The van der Waals surface area contributed by atoms with E-state index in [-0.39, 0.29) is 5.41 Å². The summed E-state index contributed by atoms with van der Waals surface area (Å²) in [5.41, 5.74) is 2.70. The Hall–Kier alpha value is -0.993. The zero-order chi connectivity index (χ0) is 18.3. The number of hydrogen-bond acceptors (Lipinski definition) is 1. The van der Waals surface area contributed by atoms with Crippen molar-refractivity contribution in [2.45, 2.75) is 59.5 Å². The lowest BCUT2D eigenvalue weighted by Crippen LogP contribution is -2.45.